The van der Waals surface area contributed by atoms with Gasteiger partial charge in [-0.05, 0) is 38.5 Å². The van der Waals surface area contributed by atoms with E-state index in [9.17, 15) is 4.79 Å². The third-order valence-electron chi connectivity index (χ3n) is 2.74. The molecule has 88 valence electrons. The van der Waals surface area contributed by atoms with Crippen LogP contribution in [0.4, 0.5) is 5.69 Å². The summed E-state index contributed by atoms with van der Waals surface area (Å²) in [6.07, 6.45) is 0. The van der Waals surface area contributed by atoms with Crippen molar-refractivity contribution in [1.82, 2.24) is 10.2 Å². The van der Waals surface area contributed by atoms with Crippen molar-refractivity contribution in [2.24, 2.45) is 0 Å². The maximum absolute atomic E-state index is 12.0. The third kappa shape index (κ3) is 2.36. The zero-order valence-electron chi connectivity index (χ0n) is 10.2. The molecule has 0 spiro atoms. The molecule has 0 atom stereocenters. The average Bonchev–Trinajstić information content (AvgIpc) is 2.60. The summed E-state index contributed by atoms with van der Waals surface area (Å²) in [6, 6.07) is 7.68. The highest BCUT2D eigenvalue weighted by molar-refractivity contribution is 6.03. The van der Waals surface area contributed by atoms with Crippen LogP contribution in [0.15, 0.2) is 24.3 Å². The summed E-state index contributed by atoms with van der Waals surface area (Å²) in [6.45, 7) is 5.76. The van der Waals surface area contributed by atoms with Crippen LogP contribution in [0.5, 0.6) is 0 Å². The van der Waals surface area contributed by atoms with E-state index >= 15 is 0 Å². The molecule has 1 aromatic carbocycles. The number of amides is 1. The van der Waals surface area contributed by atoms with Gasteiger partial charge in [0, 0.05) is 16.9 Å². The topological polar surface area (TPSA) is 57.8 Å². The molecule has 0 fully saturated rings. The molecule has 0 unspecified atom stereocenters. The second kappa shape index (κ2) is 4.41. The Morgan fingerprint density at radius 2 is 2.06 bits per heavy atom. The molecule has 2 N–H and O–H groups in total. The van der Waals surface area contributed by atoms with Crippen LogP contribution in [0.3, 0.4) is 0 Å². The lowest BCUT2D eigenvalue weighted by molar-refractivity contribution is 0.102. The number of rotatable bonds is 2. The molecule has 1 amide bonds. The number of anilines is 1. The number of hydrogen-bond donors (Lipinski definition) is 2. The van der Waals surface area contributed by atoms with Gasteiger partial charge in [-0.3, -0.25) is 9.89 Å². The molecule has 1 aromatic heterocycles. The minimum absolute atomic E-state index is 0.183. The van der Waals surface area contributed by atoms with Crippen LogP contribution >= 0.6 is 0 Å². The zero-order valence-corrected chi connectivity index (χ0v) is 10.2. The average molecular weight is 229 g/mol. The highest BCUT2D eigenvalue weighted by Gasteiger charge is 2.14. The van der Waals surface area contributed by atoms with Gasteiger partial charge in [-0.15, -0.1) is 0 Å². The number of nitrogens with one attached hydrogen (secondary N) is 2. The Bertz CT molecular complexity index is 558. The molecule has 0 aliphatic rings. The maximum Gasteiger partial charge on any atom is 0.276 e. The van der Waals surface area contributed by atoms with E-state index in [2.05, 4.69) is 15.5 Å². The molecule has 4 nitrogen and oxygen atoms in total. The van der Waals surface area contributed by atoms with Crippen LogP contribution in [0.25, 0.3) is 0 Å². The quantitative estimate of drug-likeness (QED) is 0.831. The predicted octanol–water partition coefficient (Wildman–Crippen LogP) is 2.59. The maximum atomic E-state index is 12.0. The lowest BCUT2D eigenvalue weighted by Crippen LogP contribution is -2.13. The molecule has 4 heteroatoms. The van der Waals surface area contributed by atoms with Crippen LogP contribution < -0.4 is 5.32 Å². The SMILES string of the molecule is Cc1cccc(NC(=O)c2n[nH]c(C)c2C)c1. The summed E-state index contributed by atoms with van der Waals surface area (Å²) < 4.78 is 0. The molecule has 2 aromatic rings. The fraction of sp³-hybridized carbons (Fsp3) is 0.231. The number of hydrogen-bond acceptors (Lipinski definition) is 2. The first-order valence-electron chi connectivity index (χ1n) is 5.47. The first kappa shape index (κ1) is 11.4. The Kier molecular flexibility index (Phi) is 2.95. The third-order valence-corrected chi connectivity index (χ3v) is 2.74. The molecule has 0 bridgehead atoms. The number of aryl methyl sites for hydroxylation is 2. The van der Waals surface area contributed by atoms with Crippen LogP contribution in [0.2, 0.25) is 0 Å². The van der Waals surface area contributed by atoms with Gasteiger partial charge in [-0.1, -0.05) is 12.1 Å². The first-order chi connectivity index (χ1) is 8.08. The van der Waals surface area contributed by atoms with Crippen LogP contribution in [0, 0.1) is 20.8 Å². The van der Waals surface area contributed by atoms with E-state index in [1.165, 1.54) is 0 Å². The lowest BCUT2D eigenvalue weighted by Gasteiger charge is -2.04. The van der Waals surface area contributed by atoms with Gasteiger partial charge in [0.15, 0.2) is 5.69 Å². The Labute approximate surface area is 100 Å². The largest absolute Gasteiger partial charge is 0.321 e. The summed E-state index contributed by atoms with van der Waals surface area (Å²) >= 11 is 0. The van der Waals surface area contributed by atoms with Gasteiger partial charge in [0.05, 0.1) is 0 Å². The summed E-state index contributed by atoms with van der Waals surface area (Å²) in [7, 11) is 0. The number of aromatic nitrogens is 2. The summed E-state index contributed by atoms with van der Waals surface area (Å²) in [5, 5.41) is 9.63. The lowest BCUT2D eigenvalue weighted by atomic mass is 10.2. The molecule has 1 heterocycles. The van der Waals surface area contributed by atoms with E-state index in [4.69, 9.17) is 0 Å². The van der Waals surface area contributed by atoms with Crippen molar-refractivity contribution in [3.05, 3.63) is 46.8 Å². The van der Waals surface area contributed by atoms with Gasteiger partial charge in [0.2, 0.25) is 0 Å². The number of H-pyrrole nitrogens is 1. The molecule has 2 rings (SSSR count). The Morgan fingerprint density at radius 1 is 1.29 bits per heavy atom. The van der Waals surface area contributed by atoms with Gasteiger partial charge in [-0.25, -0.2) is 0 Å². The van der Waals surface area contributed by atoms with Gasteiger partial charge in [-0.2, -0.15) is 5.10 Å². The van der Waals surface area contributed by atoms with Crippen LogP contribution in [-0.4, -0.2) is 16.1 Å². The van der Waals surface area contributed by atoms with Crippen molar-refractivity contribution in [2.75, 3.05) is 5.32 Å². The number of benzene rings is 1. The van der Waals surface area contributed by atoms with Gasteiger partial charge in [0.1, 0.15) is 0 Å². The molecule has 0 aliphatic heterocycles. The van der Waals surface area contributed by atoms with E-state index in [1.54, 1.807) is 0 Å². The van der Waals surface area contributed by atoms with Crippen LogP contribution in [-0.2, 0) is 0 Å². The number of carbonyl (C=O) groups is 1. The van der Waals surface area contributed by atoms with Crippen molar-refractivity contribution < 1.29 is 4.79 Å². The van der Waals surface area contributed by atoms with E-state index in [1.807, 2.05) is 45.0 Å². The fourth-order valence-corrected chi connectivity index (χ4v) is 1.62. The van der Waals surface area contributed by atoms with Gasteiger partial charge in [0.25, 0.3) is 5.91 Å². The molecule has 0 radical (unpaired) electrons. The van der Waals surface area contributed by atoms with Crippen molar-refractivity contribution in [2.45, 2.75) is 20.8 Å². The number of nitrogens with zero attached hydrogens (tertiary/aromatic N) is 1. The van der Waals surface area contributed by atoms with E-state index in [0.29, 0.717) is 5.69 Å². The van der Waals surface area contributed by atoms with Crippen molar-refractivity contribution in [1.29, 1.82) is 0 Å². The van der Waals surface area contributed by atoms with Crippen molar-refractivity contribution >= 4 is 11.6 Å². The van der Waals surface area contributed by atoms with Gasteiger partial charge >= 0.3 is 0 Å². The highest BCUT2D eigenvalue weighted by atomic mass is 16.1. The summed E-state index contributed by atoms with van der Waals surface area (Å²) in [5.74, 6) is -0.183. The Balaban J connectivity index is 2.20. The van der Waals surface area contributed by atoms with Crippen LogP contribution in [0.1, 0.15) is 27.3 Å². The molecule has 0 saturated carbocycles. The normalized spacial score (nSPS) is 10.3. The molecular weight excluding hydrogens is 214 g/mol. The molecule has 17 heavy (non-hydrogen) atoms. The molecule has 0 saturated heterocycles. The van der Waals surface area contributed by atoms with E-state index in [-0.39, 0.29) is 5.91 Å². The van der Waals surface area contributed by atoms with E-state index in [0.717, 1.165) is 22.5 Å². The van der Waals surface area contributed by atoms with Crippen molar-refractivity contribution in [3.8, 4) is 0 Å². The summed E-state index contributed by atoms with van der Waals surface area (Å²) in [5.41, 5.74) is 4.14. The minimum Gasteiger partial charge on any atom is -0.321 e. The van der Waals surface area contributed by atoms with Gasteiger partial charge < -0.3 is 5.32 Å². The Morgan fingerprint density at radius 3 is 2.65 bits per heavy atom. The van der Waals surface area contributed by atoms with Crippen molar-refractivity contribution in [3.63, 3.8) is 0 Å². The monoisotopic (exact) mass is 229 g/mol. The first-order valence-corrected chi connectivity index (χ1v) is 5.47. The zero-order chi connectivity index (χ0) is 12.4. The second-order valence-corrected chi connectivity index (χ2v) is 4.15. The summed E-state index contributed by atoms with van der Waals surface area (Å²) in [4.78, 5) is 12.0. The highest BCUT2D eigenvalue weighted by Crippen LogP contribution is 2.13. The fourth-order valence-electron chi connectivity index (χ4n) is 1.62. The predicted molar refractivity (Wildman–Crippen MR) is 67.2 cm³/mol. The minimum atomic E-state index is -0.183. The van der Waals surface area contributed by atoms with E-state index < -0.39 is 0 Å². The molecular formula is C13H15N3O. The standard InChI is InChI=1S/C13H15N3O/c1-8-5-4-6-11(7-8)14-13(17)12-9(2)10(3)15-16-12/h4-7H,1-3H3,(H,14,17)(H,15,16). The number of aromatic amines is 1. The Hall–Kier alpha value is -2.10. The number of carbonyl (C=O) groups excluding carboxylic acids is 1. The second-order valence-electron chi connectivity index (χ2n) is 4.15. The molecule has 0 aliphatic carbocycles. The smallest absolute Gasteiger partial charge is 0.276 e.